The van der Waals surface area contributed by atoms with Gasteiger partial charge in [0.25, 0.3) is 0 Å². The molecule has 0 saturated heterocycles. The van der Waals surface area contributed by atoms with Crippen molar-refractivity contribution in [1.82, 2.24) is 19.9 Å². The fourth-order valence-electron chi connectivity index (χ4n) is 1.37. The largest absolute Gasteiger partial charge is 0.290 e. The Hall–Kier alpha value is -2.50. The first kappa shape index (κ1) is 12.0. The van der Waals surface area contributed by atoms with Gasteiger partial charge in [-0.2, -0.15) is 0 Å². The Morgan fingerprint density at radius 3 is 1.56 bits per heavy atom. The number of carbonyl (C=O) groups excluding carboxylic acids is 2. The standard InChI is InChI=1S/C12H10N4O2/c17-11(5-9-7-13-1-3-15-9)12(18)6-10-8-14-2-4-16-10/h1-4,7-8H,5-6H2. The van der Waals surface area contributed by atoms with Crippen LogP contribution in [0.15, 0.2) is 37.2 Å². The average Bonchev–Trinajstić information content (AvgIpc) is 2.41. The number of carbonyl (C=O) groups is 2. The molecule has 18 heavy (non-hydrogen) atoms. The molecule has 0 saturated carbocycles. The lowest BCUT2D eigenvalue weighted by atomic mass is 10.1. The minimum Gasteiger partial charge on any atom is -0.290 e. The van der Waals surface area contributed by atoms with Crippen molar-refractivity contribution in [2.24, 2.45) is 0 Å². The molecule has 0 radical (unpaired) electrons. The van der Waals surface area contributed by atoms with Gasteiger partial charge in [-0.25, -0.2) is 0 Å². The topological polar surface area (TPSA) is 85.7 Å². The predicted octanol–water partition coefficient (Wildman–Crippen LogP) is 0.190. The maximum absolute atomic E-state index is 11.7. The monoisotopic (exact) mass is 242 g/mol. The van der Waals surface area contributed by atoms with Gasteiger partial charge in [0.15, 0.2) is 0 Å². The third kappa shape index (κ3) is 3.24. The molecule has 0 spiro atoms. The van der Waals surface area contributed by atoms with Crippen LogP contribution in [0.25, 0.3) is 0 Å². The van der Waals surface area contributed by atoms with Crippen LogP contribution in [0.5, 0.6) is 0 Å². The lowest BCUT2D eigenvalue weighted by Crippen LogP contribution is -2.19. The molecule has 90 valence electrons. The van der Waals surface area contributed by atoms with E-state index >= 15 is 0 Å². The molecule has 0 atom stereocenters. The lowest BCUT2D eigenvalue weighted by molar-refractivity contribution is -0.135. The van der Waals surface area contributed by atoms with E-state index in [0.29, 0.717) is 11.4 Å². The van der Waals surface area contributed by atoms with Crippen molar-refractivity contribution in [3.8, 4) is 0 Å². The fraction of sp³-hybridized carbons (Fsp3) is 0.167. The lowest BCUT2D eigenvalue weighted by Gasteiger charge is -1.99. The third-order valence-corrected chi connectivity index (χ3v) is 2.23. The summed E-state index contributed by atoms with van der Waals surface area (Å²) in [4.78, 5) is 38.9. The van der Waals surface area contributed by atoms with Gasteiger partial charge in [-0.3, -0.25) is 29.5 Å². The van der Waals surface area contributed by atoms with E-state index in [1.165, 1.54) is 37.2 Å². The molecule has 0 aromatic carbocycles. The van der Waals surface area contributed by atoms with Crippen LogP contribution in [0.4, 0.5) is 0 Å². The van der Waals surface area contributed by atoms with E-state index in [-0.39, 0.29) is 12.8 Å². The molecule has 0 N–H and O–H groups in total. The molecule has 2 aromatic rings. The van der Waals surface area contributed by atoms with Crippen molar-refractivity contribution in [2.45, 2.75) is 12.8 Å². The second-order valence-corrected chi connectivity index (χ2v) is 3.59. The molecule has 2 aromatic heterocycles. The molecule has 0 fully saturated rings. The van der Waals surface area contributed by atoms with E-state index in [9.17, 15) is 9.59 Å². The maximum atomic E-state index is 11.7. The highest BCUT2D eigenvalue weighted by atomic mass is 16.2. The van der Waals surface area contributed by atoms with Crippen molar-refractivity contribution < 1.29 is 9.59 Å². The van der Waals surface area contributed by atoms with Gasteiger partial charge in [0.05, 0.1) is 24.2 Å². The van der Waals surface area contributed by atoms with Crippen molar-refractivity contribution >= 4 is 11.6 Å². The summed E-state index contributed by atoms with van der Waals surface area (Å²) < 4.78 is 0. The number of aromatic nitrogens is 4. The van der Waals surface area contributed by atoms with Crippen LogP contribution in [0.3, 0.4) is 0 Å². The molecule has 0 aliphatic heterocycles. The molecule has 0 aliphatic carbocycles. The SMILES string of the molecule is O=C(Cc1cnccn1)C(=O)Cc1cnccn1. The molecular weight excluding hydrogens is 232 g/mol. The molecule has 0 aliphatic rings. The highest BCUT2D eigenvalue weighted by Gasteiger charge is 2.16. The van der Waals surface area contributed by atoms with Gasteiger partial charge in [-0.15, -0.1) is 0 Å². The number of Topliss-reactive ketones (excluding diaryl/α,β-unsaturated/α-hetero) is 2. The Kier molecular flexibility index (Phi) is 3.80. The van der Waals surface area contributed by atoms with Gasteiger partial charge in [0.1, 0.15) is 0 Å². The summed E-state index contributed by atoms with van der Waals surface area (Å²) >= 11 is 0. The Bertz CT molecular complexity index is 491. The first-order valence-electron chi connectivity index (χ1n) is 5.31. The summed E-state index contributed by atoms with van der Waals surface area (Å²) in [5.41, 5.74) is 0.963. The molecule has 2 rings (SSSR count). The Morgan fingerprint density at radius 1 is 0.778 bits per heavy atom. The first-order chi connectivity index (χ1) is 8.75. The normalized spacial score (nSPS) is 10.0. The van der Waals surface area contributed by atoms with Crippen LogP contribution < -0.4 is 0 Å². The van der Waals surface area contributed by atoms with E-state index in [2.05, 4.69) is 19.9 Å². The summed E-state index contributed by atoms with van der Waals surface area (Å²) in [7, 11) is 0. The highest BCUT2D eigenvalue weighted by Crippen LogP contribution is 1.98. The number of rotatable bonds is 5. The predicted molar refractivity (Wildman–Crippen MR) is 61.5 cm³/mol. The third-order valence-electron chi connectivity index (χ3n) is 2.23. The quantitative estimate of drug-likeness (QED) is 0.696. The Morgan fingerprint density at radius 2 is 1.22 bits per heavy atom. The zero-order chi connectivity index (χ0) is 12.8. The van der Waals surface area contributed by atoms with Gasteiger partial charge < -0.3 is 0 Å². The van der Waals surface area contributed by atoms with E-state index in [1.54, 1.807) is 0 Å². The minimum atomic E-state index is -0.499. The van der Waals surface area contributed by atoms with Gasteiger partial charge in [0, 0.05) is 37.2 Å². The van der Waals surface area contributed by atoms with E-state index in [1.807, 2.05) is 0 Å². The second kappa shape index (κ2) is 5.72. The van der Waals surface area contributed by atoms with Gasteiger partial charge in [-0.05, 0) is 0 Å². The molecule has 6 heteroatoms. The van der Waals surface area contributed by atoms with E-state index in [4.69, 9.17) is 0 Å². The van der Waals surface area contributed by atoms with E-state index < -0.39 is 11.6 Å². The molecular formula is C12H10N4O2. The molecule has 6 nitrogen and oxygen atoms in total. The van der Waals surface area contributed by atoms with Crippen molar-refractivity contribution in [3.05, 3.63) is 48.6 Å². The summed E-state index contributed by atoms with van der Waals surface area (Å²) in [5, 5.41) is 0. The van der Waals surface area contributed by atoms with E-state index in [0.717, 1.165) is 0 Å². The van der Waals surface area contributed by atoms with Crippen LogP contribution in [-0.2, 0) is 22.4 Å². The minimum absolute atomic E-state index is 0.0348. The van der Waals surface area contributed by atoms with Gasteiger partial charge >= 0.3 is 0 Å². The fourth-order valence-corrected chi connectivity index (χ4v) is 1.37. The van der Waals surface area contributed by atoms with Crippen LogP contribution >= 0.6 is 0 Å². The summed E-state index contributed by atoms with van der Waals surface area (Å²) in [5.74, 6) is -0.998. The van der Waals surface area contributed by atoms with Crippen LogP contribution in [0.1, 0.15) is 11.4 Å². The molecule has 0 amide bonds. The van der Waals surface area contributed by atoms with Crippen molar-refractivity contribution in [2.75, 3.05) is 0 Å². The summed E-state index contributed by atoms with van der Waals surface area (Å²) in [6, 6.07) is 0. The number of ketones is 2. The van der Waals surface area contributed by atoms with Gasteiger partial charge in [0.2, 0.25) is 11.6 Å². The number of nitrogens with zero attached hydrogens (tertiary/aromatic N) is 4. The smallest absolute Gasteiger partial charge is 0.204 e. The number of hydrogen-bond donors (Lipinski definition) is 0. The van der Waals surface area contributed by atoms with Crippen LogP contribution in [-0.4, -0.2) is 31.5 Å². The first-order valence-corrected chi connectivity index (χ1v) is 5.31. The zero-order valence-corrected chi connectivity index (χ0v) is 9.48. The molecule has 0 bridgehead atoms. The second-order valence-electron chi connectivity index (χ2n) is 3.59. The van der Waals surface area contributed by atoms with Crippen LogP contribution in [0, 0.1) is 0 Å². The zero-order valence-electron chi connectivity index (χ0n) is 9.48. The Balaban J connectivity index is 1.96. The van der Waals surface area contributed by atoms with Crippen molar-refractivity contribution in [1.29, 1.82) is 0 Å². The molecule has 0 unspecified atom stereocenters. The molecule has 2 heterocycles. The van der Waals surface area contributed by atoms with Crippen LogP contribution in [0.2, 0.25) is 0 Å². The van der Waals surface area contributed by atoms with Gasteiger partial charge in [-0.1, -0.05) is 0 Å². The summed E-state index contributed by atoms with van der Waals surface area (Å²) in [6.45, 7) is 0. The average molecular weight is 242 g/mol. The maximum Gasteiger partial charge on any atom is 0.204 e. The summed E-state index contributed by atoms with van der Waals surface area (Å²) in [6.07, 6.45) is 8.84. The number of hydrogen-bond acceptors (Lipinski definition) is 6. The highest BCUT2D eigenvalue weighted by molar-refractivity contribution is 6.37. The van der Waals surface area contributed by atoms with Crippen molar-refractivity contribution in [3.63, 3.8) is 0 Å². The Labute approximate surface area is 103 Å².